The van der Waals surface area contributed by atoms with Gasteiger partial charge in [0.15, 0.2) is 0 Å². The molecule has 0 aliphatic rings. The number of amides is 1. The molecule has 0 saturated carbocycles. The summed E-state index contributed by atoms with van der Waals surface area (Å²) in [6.07, 6.45) is 4.52. The van der Waals surface area contributed by atoms with Crippen molar-refractivity contribution in [3.05, 3.63) is 51.4 Å². The van der Waals surface area contributed by atoms with Gasteiger partial charge in [0.05, 0.1) is 21.5 Å². The highest BCUT2D eigenvalue weighted by Gasteiger charge is 2.20. The Kier molecular flexibility index (Phi) is 6.15. The van der Waals surface area contributed by atoms with E-state index in [1.165, 1.54) is 30.6 Å². The Balaban J connectivity index is 1.87. The Morgan fingerprint density at radius 1 is 1.24 bits per heavy atom. The lowest BCUT2D eigenvalue weighted by Crippen LogP contribution is -2.20. The van der Waals surface area contributed by atoms with Gasteiger partial charge in [0.25, 0.3) is 11.5 Å². The number of primary sulfonamides is 1. The van der Waals surface area contributed by atoms with Crippen molar-refractivity contribution < 1.29 is 13.2 Å². The van der Waals surface area contributed by atoms with Crippen LogP contribution in [-0.2, 0) is 16.6 Å². The van der Waals surface area contributed by atoms with Crippen LogP contribution >= 0.6 is 11.3 Å². The summed E-state index contributed by atoms with van der Waals surface area (Å²) in [6, 6.07) is 5.55. The number of carbonyl (C=O) groups excluding carboxylic acids is 1. The number of anilines is 1. The molecule has 0 radical (unpaired) electrons. The number of aromatic nitrogens is 2. The first-order valence-corrected chi connectivity index (χ1v) is 11.5. The number of thiophene rings is 1. The molecule has 8 nitrogen and oxygen atoms in total. The van der Waals surface area contributed by atoms with Crippen LogP contribution in [0.1, 0.15) is 41.4 Å². The third kappa shape index (κ3) is 4.55. The van der Waals surface area contributed by atoms with E-state index >= 15 is 0 Å². The molecule has 10 heteroatoms. The van der Waals surface area contributed by atoms with Crippen molar-refractivity contribution in [1.29, 1.82) is 0 Å². The van der Waals surface area contributed by atoms with Crippen LogP contribution in [0.4, 0.5) is 5.69 Å². The van der Waals surface area contributed by atoms with E-state index in [1.54, 1.807) is 11.5 Å². The smallest absolute Gasteiger partial charge is 0.266 e. The van der Waals surface area contributed by atoms with Gasteiger partial charge in [-0.3, -0.25) is 14.2 Å². The van der Waals surface area contributed by atoms with Crippen LogP contribution in [0.2, 0.25) is 0 Å². The number of benzene rings is 1. The lowest BCUT2D eigenvalue weighted by molar-refractivity contribution is 0.103. The third-order valence-electron chi connectivity index (χ3n) is 4.57. The number of nitrogens with one attached hydrogen (secondary N) is 1. The summed E-state index contributed by atoms with van der Waals surface area (Å²) in [5, 5.41) is 8.25. The monoisotopic (exact) mass is 434 g/mol. The van der Waals surface area contributed by atoms with Gasteiger partial charge in [-0.15, -0.1) is 11.3 Å². The second kappa shape index (κ2) is 8.44. The maximum absolute atomic E-state index is 12.8. The molecule has 154 valence electrons. The van der Waals surface area contributed by atoms with Gasteiger partial charge >= 0.3 is 0 Å². The quantitative estimate of drug-likeness (QED) is 0.553. The summed E-state index contributed by atoms with van der Waals surface area (Å²) >= 11 is 1.16. The van der Waals surface area contributed by atoms with E-state index in [1.807, 2.05) is 0 Å². The minimum absolute atomic E-state index is 0.0404. The van der Waals surface area contributed by atoms with Gasteiger partial charge in [-0.1, -0.05) is 19.8 Å². The van der Waals surface area contributed by atoms with Crippen molar-refractivity contribution >= 4 is 43.2 Å². The molecular weight excluding hydrogens is 412 g/mol. The first kappa shape index (κ1) is 21.2. The molecule has 2 aromatic heterocycles. The predicted molar refractivity (Wildman–Crippen MR) is 114 cm³/mol. The van der Waals surface area contributed by atoms with Crippen LogP contribution in [-0.4, -0.2) is 23.9 Å². The number of aryl methyl sites for hydroxylation is 2. The average Bonchev–Trinajstić information content (AvgIpc) is 3.01. The average molecular weight is 435 g/mol. The first-order valence-electron chi connectivity index (χ1n) is 9.15. The van der Waals surface area contributed by atoms with E-state index in [4.69, 9.17) is 5.14 Å². The first-order chi connectivity index (χ1) is 13.7. The maximum Gasteiger partial charge on any atom is 0.266 e. The molecule has 1 aromatic carbocycles. The van der Waals surface area contributed by atoms with Gasteiger partial charge in [0.1, 0.15) is 4.83 Å². The highest BCUT2D eigenvalue weighted by atomic mass is 32.2. The highest BCUT2D eigenvalue weighted by molar-refractivity contribution is 7.89. The molecule has 0 spiro atoms. The Labute approximate surface area is 172 Å². The van der Waals surface area contributed by atoms with Crippen LogP contribution in [0.5, 0.6) is 0 Å². The van der Waals surface area contributed by atoms with Gasteiger partial charge in [0.2, 0.25) is 10.0 Å². The Morgan fingerprint density at radius 3 is 2.55 bits per heavy atom. The van der Waals surface area contributed by atoms with E-state index in [2.05, 4.69) is 17.2 Å². The van der Waals surface area contributed by atoms with E-state index in [9.17, 15) is 18.0 Å². The van der Waals surface area contributed by atoms with E-state index in [0.717, 1.165) is 30.6 Å². The van der Waals surface area contributed by atoms with Crippen LogP contribution in [0.3, 0.4) is 0 Å². The number of fused-ring (bicyclic) bond motifs is 1. The summed E-state index contributed by atoms with van der Waals surface area (Å²) in [5.41, 5.74) is 0.867. The molecule has 2 heterocycles. The Bertz CT molecular complexity index is 1210. The molecule has 3 N–H and O–H groups in total. The van der Waals surface area contributed by atoms with Crippen LogP contribution in [0.15, 0.2) is 40.3 Å². The fourth-order valence-electron chi connectivity index (χ4n) is 2.98. The van der Waals surface area contributed by atoms with Gasteiger partial charge in [-0.05, 0) is 43.2 Å². The van der Waals surface area contributed by atoms with Crippen molar-refractivity contribution in [1.82, 2.24) is 9.55 Å². The number of nitrogens with two attached hydrogens (primary N) is 1. The lowest BCUT2D eigenvalue weighted by atomic mass is 10.2. The van der Waals surface area contributed by atoms with Crippen LogP contribution in [0, 0.1) is 6.92 Å². The topological polar surface area (TPSA) is 124 Å². The second-order valence-electron chi connectivity index (χ2n) is 6.71. The summed E-state index contributed by atoms with van der Waals surface area (Å²) in [6.45, 7) is 4.43. The summed E-state index contributed by atoms with van der Waals surface area (Å²) < 4.78 is 24.2. The molecular formula is C19H22N4O4S2. The van der Waals surface area contributed by atoms with Crippen LogP contribution in [0.25, 0.3) is 10.2 Å². The zero-order valence-electron chi connectivity index (χ0n) is 16.1. The van der Waals surface area contributed by atoms with E-state index in [-0.39, 0.29) is 16.4 Å². The molecule has 0 aliphatic heterocycles. The van der Waals surface area contributed by atoms with E-state index in [0.29, 0.717) is 32.9 Å². The predicted octanol–water partition coefficient (Wildman–Crippen LogP) is 2.86. The molecule has 1 amide bonds. The molecule has 29 heavy (non-hydrogen) atoms. The number of unbranched alkanes of at least 4 members (excludes halogenated alkanes) is 2. The zero-order valence-corrected chi connectivity index (χ0v) is 17.8. The summed E-state index contributed by atoms with van der Waals surface area (Å²) in [7, 11) is -3.80. The number of hydrogen-bond donors (Lipinski definition) is 2. The fraction of sp³-hybridized carbons (Fsp3) is 0.316. The molecule has 0 unspecified atom stereocenters. The molecule has 0 atom stereocenters. The summed E-state index contributed by atoms with van der Waals surface area (Å²) in [5.74, 6) is -0.384. The number of carbonyl (C=O) groups is 1. The van der Waals surface area contributed by atoms with Crippen molar-refractivity contribution in [3.63, 3.8) is 0 Å². The second-order valence-corrected chi connectivity index (χ2v) is 9.27. The number of sulfonamides is 1. The normalized spacial score (nSPS) is 11.7. The Hall–Kier alpha value is -2.56. The largest absolute Gasteiger partial charge is 0.321 e. The molecule has 3 aromatic rings. The molecule has 3 rings (SSSR count). The van der Waals surface area contributed by atoms with E-state index < -0.39 is 10.0 Å². The molecule has 0 saturated heterocycles. The minimum Gasteiger partial charge on any atom is -0.321 e. The standard InChI is InChI=1S/C19H22N4O4S2/c1-3-4-5-10-23-11-21-18-15(19(23)25)12(2)16(28-18)17(24)22-13-6-8-14(9-7-13)29(20,26)27/h6-9,11H,3-5,10H2,1-2H3,(H,22,24)(H2,20,26,27). The third-order valence-corrected chi connectivity index (χ3v) is 6.69. The zero-order chi connectivity index (χ0) is 21.2. The van der Waals surface area contributed by atoms with Gasteiger partial charge < -0.3 is 5.32 Å². The van der Waals surface area contributed by atoms with Crippen molar-refractivity contribution in [2.24, 2.45) is 5.14 Å². The van der Waals surface area contributed by atoms with Crippen molar-refractivity contribution in [2.75, 3.05) is 5.32 Å². The SMILES string of the molecule is CCCCCn1cnc2sc(C(=O)Nc3ccc(S(N)(=O)=O)cc3)c(C)c2c1=O. The van der Waals surface area contributed by atoms with Crippen molar-refractivity contribution in [2.45, 2.75) is 44.6 Å². The fourth-order valence-corrected chi connectivity index (χ4v) is 4.53. The van der Waals surface area contributed by atoms with Crippen LogP contribution < -0.4 is 16.0 Å². The number of hydrogen-bond acceptors (Lipinski definition) is 6. The maximum atomic E-state index is 12.8. The molecule has 0 bridgehead atoms. The number of nitrogens with zero attached hydrogens (tertiary/aromatic N) is 2. The number of rotatable bonds is 7. The van der Waals surface area contributed by atoms with Gasteiger partial charge in [-0.2, -0.15) is 0 Å². The minimum atomic E-state index is -3.80. The van der Waals surface area contributed by atoms with Crippen molar-refractivity contribution in [3.8, 4) is 0 Å². The molecule has 0 fully saturated rings. The lowest BCUT2D eigenvalue weighted by Gasteiger charge is -2.06. The highest BCUT2D eigenvalue weighted by Crippen LogP contribution is 2.27. The molecule has 0 aliphatic carbocycles. The van der Waals surface area contributed by atoms with Gasteiger partial charge in [0, 0.05) is 12.2 Å². The Morgan fingerprint density at radius 2 is 1.93 bits per heavy atom. The summed E-state index contributed by atoms with van der Waals surface area (Å²) in [4.78, 5) is 30.7. The van der Waals surface area contributed by atoms with Gasteiger partial charge in [-0.25, -0.2) is 18.5 Å².